The lowest BCUT2D eigenvalue weighted by atomic mass is 9.86. The molecule has 6 nitrogen and oxygen atoms in total. The molecule has 0 spiro atoms. The monoisotopic (exact) mass is 350 g/mol. The zero-order valence-electron chi connectivity index (χ0n) is 14.2. The lowest BCUT2D eigenvalue weighted by Gasteiger charge is -2.28. The first-order valence-electron chi connectivity index (χ1n) is 8.02. The Morgan fingerprint density at radius 3 is 2.62 bits per heavy atom. The van der Waals surface area contributed by atoms with Gasteiger partial charge in [0.05, 0.1) is 5.56 Å². The molecule has 1 aromatic heterocycles. The van der Waals surface area contributed by atoms with Crippen LogP contribution in [0.5, 0.6) is 0 Å². The van der Waals surface area contributed by atoms with Crippen LogP contribution in [-0.4, -0.2) is 27.7 Å². The number of anilines is 1. The van der Waals surface area contributed by atoms with Gasteiger partial charge in [-0.2, -0.15) is 4.98 Å². The fourth-order valence-electron chi connectivity index (χ4n) is 2.49. The Labute approximate surface area is 147 Å². The molecule has 130 valence electrons. The zero-order chi connectivity index (χ0) is 17.7. The average Bonchev–Trinajstić information content (AvgIpc) is 2.46. The van der Waals surface area contributed by atoms with Gasteiger partial charge in [0.15, 0.2) is 0 Å². The molecular weight excluding hydrogens is 328 g/mol. The predicted octanol–water partition coefficient (Wildman–Crippen LogP) is 3.15. The van der Waals surface area contributed by atoms with Crippen LogP contribution in [0.4, 0.5) is 10.7 Å². The van der Waals surface area contributed by atoms with Crippen molar-refractivity contribution in [1.29, 1.82) is 0 Å². The Bertz CT molecular complexity index is 653. The van der Waals surface area contributed by atoms with Crippen LogP contribution >= 0.6 is 11.6 Å². The lowest BCUT2D eigenvalue weighted by Crippen LogP contribution is -2.40. The molecule has 0 saturated heterocycles. The predicted molar refractivity (Wildman–Crippen MR) is 93.4 cm³/mol. The minimum atomic E-state index is -0.479. The molecule has 1 aliphatic carbocycles. The van der Waals surface area contributed by atoms with Crippen molar-refractivity contribution in [2.75, 3.05) is 5.73 Å². The molecule has 1 saturated carbocycles. The molecule has 1 heterocycles. The summed E-state index contributed by atoms with van der Waals surface area (Å²) in [5.41, 5.74) is 5.56. The van der Waals surface area contributed by atoms with Crippen molar-refractivity contribution in [2.45, 2.75) is 58.1 Å². The number of nitrogen functional groups attached to an aromatic ring is 1. The molecular formula is C17H23ClN4O2. The van der Waals surface area contributed by atoms with Gasteiger partial charge in [0.25, 0.3) is 0 Å². The number of halogens is 1. The highest BCUT2D eigenvalue weighted by atomic mass is 35.5. The van der Waals surface area contributed by atoms with Crippen LogP contribution in [0.3, 0.4) is 0 Å². The minimum absolute atomic E-state index is 0.138. The first kappa shape index (κ1) is 18.3. The maximum atomic E-state index is 11.8. The van der Waals surface area contributed by atoms with Gasteiger partial charge in [-0.3, -0.25) is 0 Å². The normalized spacial score (nSPS) is 20.7. The first-order valence-corrected chi connectivity index (χ1v) is 8.40. The number of ether oxygens (including phenoxy) is 1. The number of nitrogens with two attached hydrogens (primary N) is 1. The molecule has 24 heavy (non-hydrogen) atoms. The highest BCUT2D eigenvalue weighted by molar-refractivity contribution is 6.30. The van der Waals surface area contributed by atoms with Gasteiger partial charge < -0.3 is 15.8 Å². The molecule has 0 unspecified atom stereocenters. The number of carbonyl (C=O) groups is 1. The number of nitrogens with zero attached hydrogens (tertiary/aromatic N) is 2. The topological polar surface area (TPSA) is 90.1 Å². The number of hydrogen-bond acceptors (Lipinski definition) is 5. The maximum absolute atomic E-state index is 11.8. The second-order valence-corrected chi connectivity index (χ2v) is 7.25. The number of rotatable bonds is 1. The summed E-state index contributed by atoms with van der Waals surface area (Å²) < 4.78 is 5.28. The van der Waals surface area contributed by atoms with Crippen molar-refractivity contribution in [1.82, 2.24) is 15.3 Å². The highest BCUT2D eigenvalue weighted by Gasteiger charge is 2.23. The summed E-state index contributed by atoms with van der Waals surface area (Å²) in [6.07, 6.45) is 4.77. The van der Waals surface area contributed by atoms with E-state index in [-0.39, 0.29) is 29.2 Å². The highest BCUT2D eigenvalue weighted by Crippen LogP contribution is 2.24. The van der Waals surface area contributed by atoms with Crippen molar-refractivity contribution in [3.8, 4) is 11.8 Å². The second-order valence-electron chi connectivity index (χ2n) is 6.90. The van der Waals surface area contributed by atoms with Crippen molar-refractivity contribution in [2.24, 2.45) is 5.92 Å². The molecule has 7 heteroatoms. The summed E-state index contributed by atoms with van der Waals surface area (Å²) in [5, 5.41) is 3.19. The van der Waals surface area contributed by atoms with Crippen molar-refractivity contribution in [3.05, 3.63) is 16.9 Å². The Hall–Kier alpha value is -2.00. The van der Waals surface area contributed by atoms with Crippen LogP contribution in [-0.2, 0) is 4.74 Å². The third-order valence-corrected chi connectivity index (χ3v) is 3.91. The summed E-state index contributed by atoms with van der Waals surface area (Å²) in [4.78, 5) is 19.6. The average molecular weight is 351 g/mol. The van der Waals surface area contributed by atoms with Gasteiger partial charge in [-0.25, -0.2) is 9.78 Å². The van der Waals surface area contributed by atoms with Gasteiger partial charge in [-0.05, 0) is 46.5 Å². The van der Waals surface area contributed by atoms with Gasteiger partial charge >= 0.3 is 6.09 Å². The molecule has 2 rings (SSSR count). The number of aromatic nitrogens is 2. The van der Waals surface area contributed by atoms with Crippen LogP contribution in [0.25, 0.3) is 0 Å². The van der Waals surface area contributed by atoms with E-state index in [0.29, 0.717) is 5.56 Å². The summed E-state index contributed by atoms with van der Waals surface area (Å²) in [7, 11) is 0. The molecule has 0 atom stereocenters. The van der Waals surface area contributed by atoms with E-state index in [1.165, 1.54) is 6.20 Å². The molecule has 0 aromatic carbocycles. The van der Waals surface area contributed by atoms with E-state index in [1.54, 1.807) is 0 Å². The van der Waals surface area contributed by atoms with Crippen LogP contribution in [0.2, 0.25) is 5.15 Å². The third-order valence-electron chi connectivity index (χ3n) is 3.62. The van der Waals surface area contributed by atoms with E-state index in [2.05, 4.69) is 27.1 Å². The summed E-state index contributed by atoms with van der Waals surface area (Å²) in [6, 6.07) is 0.140. The molecule has 3 N–H and O–H groups in total. The van der Waals surface area contributed by atoms with E-state index >= 15 is 0 Å². The van der Waals surface area contributed by atoms with Gasteiger partial charge in [0.2, 0.25) is 5.95 Å². The number of hydrogen-bond donors (Lipinski definition) is 2. The van der Waals surface area contributed by atoms with E-state index in [9.17, 15) is 4.79 Å². The van der Waals surface area contributed by atoms with Crippen molar-refractivity contribution in [3.63, 3.8) is 0 Å². The molecule has 0 bridgehead atoms. The Morgan fingerprint density at radius 2 is 2.04 bits per heavy atom. The van der Waals surface area contributed by atoms with Crippen LogP contribution in [0.15, 0.2) is 6.20 Å². The second kappa shape index (κ2) is 7.71. The maximum Gasteiger partial charge on any atom is 0.407 e. The number of amides is 1. The summed E-state index contributed by atoms with van der Waals surface area (Å²) in [5.74, 6) is 6.64. The van der Waals surface area contributed by atoms with Crippen LogP contribution in [0.1, 0.15) is 52.0 Å². The van der Waals surface area contributed by atoms with E-state index in [1.807, 2.05) is 20.8 Å². The molecule has 1 aliphatic rings. The van der Waals surface area contributed by atoms with Gasteiger partial charge in [0.1, 0.15) is 10.8 Å². The Morgan fingerprint density at radius 1 is 1.38 bits per heavy atom. The van der Waals surface area contributed by atoms with E-state index < -0.39 is 5.60 Å². The minimum Gasteiger partial charge on any atom is -0.444 e. The van der Waals surface area contributed by atoms with E-state index in [0.717, 1.165) is 25.7 Å². The largest absolute Gasteiger partial charge is 0.444 e. The van der Waals surface area contributed by atoms with Gasteiger partial charge in [-0.1, -0.05) is 23.4 Å². The quantitative estimate of drug-likeness (QED) is 0.599. The molecule has 0 aliphatic heterocycles. The molecule has 1 fully saturated rings. The number of nitrogens with one attached hydrogen (secondary N) is 1. The van der Waals surface area contributed by atoms with Gasteiger partial charge in [-0.15, -0.1) is 0 Å². The standard InChI is InChI=1S/C17H23ClN4O2/c1-17(2,3)24-16(23)21-13-8-5-11(6-9-13)4-7-12-10-20-15(19)22-14(12)18/h10-11,13H,5-6,8-9H2,1-3H3,(H,21,23)(H2,19,20,22). The number of carbonyl (C=O) groups excluding carboxylic acids is 1. The fourth-order valence-corrected chi connectivity index (χ4v) is 2.68. The van der Waals surface area contributed by atoms with Crippen molar-refractivity contribution >= 4 is 23.6 Å². The first-order chi connectivity index (χ1) is 11.2. The van der Waals surface area contributed by atoms with Crippen LogP contribution < -0.4 is 11.1 Å². The summed E-state index contributed by atoms with van der Waals surface area (Å²) in [6.45, 7) is 5.56. The SMILES string of the molecule is CC(C)(C)OC(=O)NC1CCC(C#Cc2cnc(N)nc2Cl)CC1. The van der Waals surface area contributed by atoms with Crippen LogP contribution in [0, 0.1) is 17.8 Å². The number of alkyl carbamates (subject to hydrolysis) is 1. The Balaban J connectivity index is 1.83. The van der Waals surface area contributed by atoms with Crippen molar-refractivity contribution < 1.29 is 9.53 Å². The lowest BCUT2D eigenvalue weighted by molar-refractivity contribution is 0.0490. The molecule has 0 radical (unpaired) electrons. The fraction of sp³-hybridized carbons (Fsp3) is 0.588. The van der Waals surface area contributed by atoms with Gasteiger partial charge in [0, 0.05) is 18.2 Å². The zero-order valence-corrected chi connectivity index (χ0v) is 15.0. The third kappa shape index (κ3) is 5.89. The molecule has 1 aromatic rings. The summed E-state index contributed by atoms with van der Waals surface area (Å²) >= 11 is 5.99. The van der Waals surface area contributed by atoms with E-state index in [4.69, 9.17) is 22.1 Å². The molecule has 1 amide bonds. The Kier molecular flexibility index (Phi) is 5.89. The smallest absolute Gasteiger partial charge is 0.407 e.